The van der Waals surface area contributed by atoms with Crippen molar-refractivity contribution in [3.63, 3.8) is 0 Å². The minimum absolute atomic E-state index is 0.511. The molecule has 1 saturated heterocycles. The second kappa shape index (κ2) is 11.2. The molecule has 0 radical (unpaired) electrons. The third kappa shape index (κ3) is 6.08. The zero-order valence-corrected chi connectivity index (χ0v) is 20.2. The zero-order valence-electron chi connectivity index (χ0n) is 20.2. The SMILES string of the molecule is COc1ccc(Nc2nccc(NCC3=Nc4ccccc4C3)n2)cc1OCCCN1CCCC1. The molecule has 2 aliphatic rings. The van der Waals surface area contributed by atoms with Gasteiger partial charge in [-0.25, -0.2) is 4.98 Å². The molecule has 0 aliphatic carbocycles. The fraction of sp³-hybridized carbons (Fsp3) is 0.370. The molecule has 2 N–H and O–H groups in total. The van der Waals surface area contributed by atoms with E-state index in [2.05, 4.69) is 43.7 Å². The summed E-state index contributed by atoms with van der Waals surface area (Å²) in [5.74, 6) is 2.68. The summed E-state index contributed by atoms with van der Waals surface area (Å²) in [6.07, 6.45) is 6.22. The number of para-hydroxylation sites is 1. The van der Waals surface area contributed by atoms with Gasteiger partial charge in [-0.15, -0.1) is 0 Å². The molecular formula is C27H32N6O2. The van der Waals surface area contributed by atoms with Crippen LogP contribution in [0.2, 0.25) is 0 Å². The first-order valence-electron chi connectivity index (χ1n) is 12.3. The van der Waals surface area contributed by atoms with Gasteiger partial charge in [0.05, 0.1) is 25.9 Å². The van der Waals surface area contributed by atoms with E-state index in [9.17, 15) is 0 Å². The Bertz CT molecular complexity index is 1180. The number of aromatic nitrogens is 2. The van der Waals surface area contributed by atoms with E-state index in [1.165, 1.54) is 31.5 Å². The van der Waals surface area contributed by atoms with Crippen LogP contribution in [0.5, 0.6) is 11.5 Å². The molecule has 2 aliphatic heterocycles. The maximum Gasteiger partial charge on any atom is 0.229 e. The Morgan fingerprint density at radius 1 is 1.03 bits per heavy atom. The smallest absolute Gasteiger partial charge is 0.229 e. The second-order valence-corrected chi connectivity index (χ2v) is 8.84. The van der Waals surface area contributed by atoms with Gasteiger partial charge in [-0.3, -0.25) is 4.99 Å². The molecule has 182 valence electrons. The van der Waals surface area contributed by atoms with Gasteiger partial charge in [0.2, 0.25) is 5.95 Å². The van der Waals surface area contributed by atoms with E-state index in [1.54, 1.807) is 13.3 Å². The van der Waals surface area contributed by atoms with Crippen molar-refractivity contribution in [3.8, 4) is 11.5 Å². The lowest BCUT2D eigenvalue weighted by molar-refractivity contribution is 0.254. The van der Waals surface area contributed by atoms with Crippen LogP contribution in [0.4, 0.5) is 23.1 Å². The van der Waals surface area contributed by atoms with Crippen molar-refractivity contribution >= 4 is 28.9 Å². The third-order valence-electron chi connectivity index (χ3n) is 6.29. The molecule has 1 aromatic heterocycles. The van der Waals surface area contributed by atoms with Crippen molar-refractivity contribution in [1.82, 2.24) is 14.9 Å². The van der Waals surface area contributed by atoms with Gasteiger partial charge in [-0.05, 0) is 62.2 Å². The average molecular weight is 473 g/mol. The van der Waals surface area contributed by atoms with Gasteiger partial charge in [0.15, 0.2) is 11.5 Å². The first-order chi connectivity index (χ1) is 17.3. The number of anilines is 3. The van der Waals surface area contributed by atoms with E-state index in [4.69, 9.17) is 14.5 Å². The number of hydrogen-bond acceptors (Lipinski definition) is 8. The molecule has 2 aromatic carbocycles. The van der Waals surface area contributed by atoms with Crippen molar-refractivity contribution in [1.29, 1.82) is 0 Å². The quantitative estimate of drug-likeness (QED) is 0.387. The highest BCUT2D eigenvalue weighted by Crippen LogP contribution is 2.31. The van der Waals surface area contributed by atoms with Gasteiger partial charge in [0.1, 0.15) is 5.82 Å². The Labute approximate surface area is 206 Å². The molecule has 5 rings (SSSR count). The normalized spacial score (nSPS) is 14.9. The Morgan fingerprint density at radius 3 is 2.77 bits per heavy atom. The van der Waals surface area contributed by atoms with Crippen molar-refractivity contribution in [2.75, 3.05) is 50.5 Å². The molecule has 8 heteroatoms. The molecule has 1 fully saturated rings. The van der Waals surface area contributed by atoms with Crippen molar-refractivity contribution in [2.45, 2.75) is 25.7 Å². The molecule has 3 aromatic rings. The first-order valence-corrected chi connectivity index (χ1v) is 12.3. The maximum atomic E-state index is 6.05. The third-order valence-corrected chi connectivity index (χ3v) is 6.29. The molecule has 0 spiro atoms. The number of likely N-dealkylation sites (tertiary alicyclic amines) is 1. The standard InChI is InChI=1S/C27H32N6O2/c1-34-24-10-9-21(18-25(24)35-16-6-15-33-13-4-5-14-33)31-27-28-12-11-26(32-27)29-19-22-17-20-7-2-3-8-23(20)30-22/h2-3,7-12,18H,4-6,13-17,19H2,1H3,(H2,28,29,31,32). The zero-order chi connectivity index (χ0) is 23.9. The van der Waals surface area contributed by atoms with Crippen LogP contribution < -0.4 is 20.1 Å². The van der Waals surface area contributed by atoms with E-state index >= 15 is 0 Å². The Morgan fingerprint density at radius 2 is 1.91 bits per heavy atom. The van der Waals surface area contributed by atoms with Crippen LogP contribution in [-0.4, -0.2) is 60.5 Å². The summed E-state index contributed by atoms with van der Waals surface area (Å²) in [4.78, 5) is 16.2. The highest BCUT2D eigenvalue weighted by atomic mass is 16.5. The van der Waals surface area contributed by atoms with Gasteiger partial charge in [-0.2, -0.15) is 4.98 Å². The number of aliphatic imine (C=N–C) groups is 1. The van der Waals surface area contributed by atoms with Crippen molar-refractivity contribution in [2.24, 2.45) is 4.99 Å². The topological polar surface area (TPSA) is 83.9 Å². The van der Waals surface area contributed by atoms with Crippen LogP contribution in [0, 0.1) is 0 Å². The van der Waals surface area contributed by atoms with E-state index in [0.29, 0.717) is 30.6 Å². The molecular weight excluding hydrogens is 440 g/mol. The van der Waals surface area contributed by atoms with E-state index < -0.39 is 0 Å². The maximum absolute atomic E-state index is 6.05. The summed E-state index contributed by atoms with van der Waals surface area (Å²) in [5.41, 5.74) is 4.26. The lowest BCUT2D eigenvalue weighted by Crippen LogP contribution is -2.21. The lowest BCUT2D eigenvalue weighted by Gasteiger charge is -2.16. The Balaban J connectivity index is 1.16. The summed E-state index contributed by atoms with van der Waals surface area (Å²) in [5, 5.41) is 6.64. The predicted octanol–water partition coefficient (Wildman–Crippen LogP) is 4.83. The molecule has 0 amide bonds. The molecule has 0 unspecified atom stereocenters. The van der Waals surface area contributed by atoms with Crippen LogP contribution in [0.15, 0.2) is 59.7 Å². The lowest BCUT2D eigenvalue weighted by atomic mass is 10.1. The van der Waals surface area contributed by atoms with Gasteiger partial charge in [0, 0.05) is 36.6 Å². The molecule has 0 bridgehead atoms. The van der Waals surface area contributed by atoms with Crippen LogP contribution in [0.3, 0.4) is 0 Å². The second-order valence-electron chi connectivity index (χ2n) is 8.84. The van der Waals surface area contributed by atoms with E-state index in [-0.39, 0.29) is 0 Å². The largest absolute Gasteiger partial charge is 0.493 e. The molecule has 8 nitrogen and oxygen atoms in total. The minimum Gasteiger partial charge on any atom is -0.493 e. The van der Waals surface area contributed by atoms with Gasteiger partial charge in [0.25, 0.3) is 0 Å². The highest BCUT2D eigenvalue weighted by Gasteiger charge is 2.14. The molecule has 0 saturated carbocycles. The number of fused-ring (bicyclic) bond motifs is 1. The van der Waals surface area contributed by atoms with Gasteiger partial charge in [-0.1, -0.05) is 18.2 Å². The van der Waals surface area contributed by atoms with E-state index in [1.807, 2.05) is 30.3 Å². The molecule has 35 heavy (non-hydrogen) atoms. The fourth-order valence-corrected chi connectivity index (χ4v) is 4.48. The Kier molecular flexibility index (Phi) is 7.38. The van der Waals surface area contributed by atoms with Gasteiger partial charge >= 0.3 is 0 Å². The van der Waals surface area contributed by atoms with E-state index in [0.717, 1.165) is 42.3 Å². The summed E-state index contributed by atoms with van der Waals surface area (Å²) in [6, 6.07) is 15.9. The fourth-order valence-electron chi connectivity index (χ4n) is 4.48. The highest BCUT2D eigenvalue weighted by molar-refractivity contribution is 5.96. The number of nitrogens with one attached hydrogen (secondary N) is 2. The summed E-state index contributed by atoms with van der Waals surface area (Å²) in [7, 11) is 1.66. The summed E-state index contributed by atoms with van der Waals surface area (Å²) < 4.78 is 11.5. The number of nitrogens with zero attached hydrogens (tertiary/aromatic N) is 4. The van der Waals surface area contributed by atoms with Crippen LogP contribution in [0.1, 0.15) is 24.8 Å². The number of benzene rings is 2. The van der Waals surface area contributed by atoms with Gasteiger partial charge < -0.3 is 25.0 Å². The summed E-state index contributed by atoms with van der Waals surface area (Å²) in [6.45, 7) is 4.78. The average Bonchev–Trinajstić information content (AvgIpc) is 3.55. The summed E-state index contributed by atoms with van der Waals surface area (Å²) >= 11 is 0. The van der Waals surface area contributed by atoms with Crippen LogP contribution in [0.25, 0.3) is 0 Å². The predicted molar refractivity (Wildman–Crippen MR) is 140 cm³/mol. The Hall–Kier alpha value is -3.65. The van der Waals surface area contributed by atoms with Crippen molar-refractivity contribution < 1.29 is 9.47 Å². The number of methoxy groups -OCH3 is 1. The van der Waals surface area contributed by atoms with Crippen LogP contribution in [-0.2, 0) is 6.42 Å². The molecule has 0 atom stereocenters. The first kappa shape index (κ1) is 23.1. The number of rotatable bonds is 11. The minimum atomic E-state index is 0.511. The van der Waals surface area contributed by atoms with Crippen LogP contribution >= 0.6 is 0 Å². The number of hydrogen-bond donors (Lipinski definition) is 2. The number of ether oxygens (including phenoxy) is 2. The molecule has 3 heterocycles. The van der Waals surface area contributed by atoms with Crippen molar-refractivity contribution in [3.05, 3.63) is 60.3 Å². The monoisotopic (exact) mass is 472 g/mol.